The van der Waals surface area contributed by atoms with E-state index >= 15 is 0 Å². The van der Waals surface area contributed by atoms with Crippen molar-refractivity contribution in [3.8, 4) is 0 Å². The molecule has 62 valence electrons. The van der Waals surface area contributed by atoms with E-state index < -0.39 is 0 Å². The molecule has 0 unspecified atom stereocenters. The van der Waals surface area contributed by atoms with E-state index in [-0.39, 0.29) is 0 Å². The van der Waals surface area contributed by atoms with Crippen molar-refractivity contribution in [2.75, 3.05) is 5.75 Å². The molecule has 0 amide bonds. The summed E-state index contributed by atoms with van der Waals surface area (Å²) >= 11 is 1.81. The first-order valence-corrected chi connectivity index (χ1v) is 4.70. The summed E-state index contributed by atoms with van der Waals surface area (Å²) in [6.07, 6.45) is 0. The Labute approximate surface area is 70.0 Å². The van der Waals surface area contributed by atoms with E-state index in [4.69, 9.17) is 5.73 Å². The summed E-state index contributed by atoms with van der Waals surface area (Å²) in [5.41, 5.74) is 5.34. The Bertz CT molecular complexity index is 210. The van der Waals surface area contributed by atoms with Crippen molar-refractivity contribution in [1.29, 1.82) is 0 Å². The molecule has 0 spiro atoms. The van der Waals surface area contributed by atoms with Gasteiger partial charge in [0.1, 0.15) is 5.82 Å². The van der Waals surface area contributed by atoms with Crippen LogP contribution in [0.1, 0.15) is 18.6 Å². The van der Waals surface area contributed by atoms with Gasteiger partial charge in [-0.25, -0.2) is 4.98 Å². The van der Waals surface area contributed by atoms with Crippen LogP contribution in [0, 0.1) is 0 Å². The van der Waals surface area contributed by atoms with E-state index in [9.17, 15) is 0 Å². The Morgan fingerprint density at radius 2 is 2.45 bits per heavy atom. The van der Waals surface area contributed by atoms with Crippen molar-refractivity contribution >= 4 is 11.8 Å². The summed E-state index contributed by atoms with van der Waals surface area (Å²) in [6, 6.07) is 0. The number of aromatic amines is 1. The molecule has 11 heavy (non-hydrogen) atoms. The smallest absolute Gasteiger partial charge is 0.164 e. The maximum Gasteiger partial charge on any atom is 0.164 e. The van der Waals surface area contributed by atoms with Gasteiger partial charge >= 0.3 is 0 Å². The Balaban J connectivity index is 2.44. The van der Waals surface area contributed by atoms with Crippen molar-refractivity contribution in [2.45, 2.75) is 19.2 Å². The molecular weight excluding hydrogens is 160 g/mol. The molecule has 0 bridgehead atoms. The molecule has 1 rings (SSSR count). The minimum atomic E-state index is 0.410. The molecule has 0 radical (unpaired) electrons. The van der Waals surface area contributed by atoms with Gasteiger partial charge in [0.15, 0.2) is 5.82 Å². The molecule has 0 aromatic carbocycles. The van der Waals surface area contributed by atoms with Gasteiger partial charge < -0.3 is 5.73 Å². The number of hydrogen-bond donors (Lipinski definition) is 2. The first kappa shape index (κ1) is 8.55. The first-order valence-electron chi connectivity index (χ1n) is 3.54. The average Bonchev–Trinajstić information content (AvgIpc) is 2.48. The van der Waals surface area contributed by atoms with Gasteiger partial charge in [-0.3, -0.25) is 5.10 Å². The molecule has 0 saturated heterocycles. The maximum atomic E-state index is 5.34. The second-order valence-corrected chi connectivity index (χ2v) is 3.31. The molecule has 1 heterocycles. The van der Waals surface area contributed by atoms with Crippen LogP contribution in [0.5, 0.6) is 0 Å². The highest BCUT2D eigenvalue weighted by Crippen LogP contribution is 2.06. The monoisotopic (exact) mass is 172 g/mol. The lowest BCUT2D eigenvalue weighted by atomic mass is 10.6. The van der Waals surface area contributed by atoms with Gasteiger partial charge in [0.05, 0.1) is 12.3 Å². The highest BCUT2D eigenvalue weighted by Gasteiger charge is 1.99. The fourth-order valence-electron chi connectivity index (χ4n) is 0.689. The third-order valence-electron chi connectivity index (χ3n) is 1.20. The van der Waals surface area contributed by atoms with Crippen LogP contribution in [0.2, 0.25) is 0 Å². The summed E-state index contributed by atoms with van der Waals surface area (Å²) < 4.78 is 0. The van der Waals surface area contributed by atoms with Gasteiger partial charge in [0.25, 0.3) is 0 Å². The van der Waals surface area contributed by atoms with Crippen molar-refractivity contribution in [3.05, 3.63) is 11.6 Å². The number of nitrogens with zero attached hydrogens (tertiary/aromatic N) is 2. The number of nitrogens with one attached hydrogen (secondary N) is 1. The van der Waals surface area contributed by atoms with Crippen LogP contribution < -0.4 is 5.73 Å². The molecule has 1 aromatic rings. The quantitative estimate of drug-likeness (QED) is 0.694. The highest BCUT2D eigenvalue weighted by molar-refractivity contribution is 7.98. The zero-order chi connectivity index (χ0) is 8.10. The third-order valence-corrected chi connectivity index (χ3v) is 2.09. The Kier molecular flexibility index (Phi) is 3.38. The molecule has 0 saturated carbocycles. The normalized spacial score (nSPS) is 10.4. The molecule has 4 nitrogen and oxygen atoms in total. The molecule has 3 N–H and O–H groups in total. The van der Waals surface area contributed by atoms with Crippen molar-refractivity contribution in [2.24, 2.45) is 5.73 Å². The summed E-state index contributed by atoms with van der Waals surface area (Å²) in [5.74, 6) is 3.59. The summed E-state index contributed by atoms with van der Waals surface area (Å²) in [6.45, 7) is 2.53. The van der Waals surface area contributed by atoms with E-state index in [2.05, 4.69) is 22.1 Å². The minimum absolute atomic E-state index is 0.410. The van der Waals surface area contributed by atoms with Crippen LogP contribution in [-0.4, -0.2) is 20.9 Å². The molecular formula is C6H12N4S. The number of thioether (sulfide) groups is 1. The molecule has 0 aliphatic heterocycles. The lowest BCUT2D eigenvalue weighted by Crippen LogP contribution is -1.98. The Morgan fingerprint density at radius 3 is 3.00 bits per heavy atom. The third kappa shape index (κ3) is 2.51. The van der Waals surface area contributed by atoms with Crippen LogP contribution in [0.25, 0.3) is 0 Å². The molecule has 5 heteroatoms. The van der Waals surface area contributed by atoms with E-state index in [1.807, 2.05) is 11.8 Å². The van der Waals surface area contributed by atoms with Crippen molar-refractivity contribution in [1.82, 2.24) is 15.2 Å². The van der Waals surface area contributed by atoms with E-state index in [0.717, 1.165) is 17.3 Å². The van der Waals surface area contributed by atoms with Crippen molar-refractivity contribution < 1.29 is 0 Å². The van der Waals surface area contributed by atoms with E-state index in [1.165, 1.54) is 0 Å². The summed E-state index contributed by atoms with van der Waals surface area (Å²) in [7, 11) is 0. The van der Waals surface area contributed by atoms with Gasteiger partial charge in [-0.2, -0.15) is 16.9 Å². The van der Waals surface area contributed by atoms with Crippen molar-refractivity contribution in [3.63, 3.8) is 0 Å². The molecule has 0 aliphatic carbocycles. The number of aromatic nitrogens is 3. The lowest BCUT2D eigenvalue weighted by molar-refractivity contribution is 0.916. The Hall–Kier alpha value is -0.550. The summed E-state index contributed by atoms with van der Waals surface area (Å²) in [5, 5.41) is 6.74. The second kappa shape index (κ2) is 4.35. The topological polar surface area (TPSA) is 67.6 Å². The number of H-pyrrole nitrogens is 1. The Morgan fingerprint density at radius 1 is 1.64 bits per heavy atom. The van der Waals surface area contributed by atoms with Crippen LogP contribution >= 0.6 is 11.8 Å². The predicted octanol–water partition coefficient (Wildman–Crippen LogP) is 0.516. The predicted molar refractivity (Wildman–Crippen MR) is 46.1 cm³/mol. The zero-order valence-electron chi connectivity index (χ0n) is 6.50. The molecule has 0 fully saturated rings. The van der Waals surface area contributed by atoms with Gasteiger partial charge in [0.2, 0.25) is 0 Å². The van der Waals surface area contributed by atoms with Crippen LogP contribution in [0.3, 0.4) is 0 Å². The van der Waals surface area contributed by atoms with E-state index in [1.54, 1.807) is 0 Å². The SMILES string of the molecule is CCSCc1nc(CN)n[nH]1. The molecule has 0 atom stereocenters. The standard InChI is InChI=1S/C6H12N4S/c1-2-11-4-6-8-5(3-7)9-10-6/h2-4,7H2,1H3,(H,8,9,10). The number of hydrogen-bond acceptors (Lipinski definition) is 4. The van der Waals surface area contributed by atoms with Gasteiger partial charge in [-0.05, 0) is 5.75 Å². The zero-order valence-corrected chi connectivity index (χ0v) is 7.32. The highest BCUT2D eigenvalue weighted by atomic mass is 32.2. The number of rotatable bonds is 4. The van der Waals surface area contributed by atoms with Crippen LogP contribution in [-0.2, 0) is 12.3 Å². The maximum absolute atomic E-state index is 5.34. The number of nitrogens with two attached hydrogens (primary N) is 1. The van der Waals surface area contributed by atoms with Crippen LogP contribution in [0.15, 0.2) is 0 Å². The molecule has 1 aromatic heterocycles. The lowest BCUT2D eigenvalue weighted by Gasteiger charge is -1.90. The summed E-state index contributed by atoms with van der Waals surface area (Å²) in [4.78, 5) is 4.15. The average molecular weight is 172 g/mol. The fourth-order valence-corrected chi connectivity index (χ4v) is 1.22. The first-order chi connectivity index (χ1) is 5.36. The minimum Gasteiger partial charge on any atom is -0.324 e. The second-order valence-electron chi connectivity index (χ2n) is 2.04. The fraction of sp³-hybridized carbons (Fsp3) is 0.667. The largest absolute Gasteiger partial charge is 0.324 e. The van der Waals surface area contributed by atoms with Gasteiger partial charge in [-0.15, -0.1) is 0 Å². The van der Waals surface area contributed by atoms with Crippen LogP contribution in [0.4, 0.5) is 0 Å². The molecule has 0 aliphatic rings. The van der Waals surface area contributed by atoms with Gasteiger partial charge in [0, 0.05) is 0 Å². The van der Waals surface area contributed by atoms with Gasteiger partial charge in [-0.1, -0.05) is 6.92 Å². The van der Waals surface area contributed by atoms with E-state index in [0.29, 0.717) is 12.4 Å².